The molecule has 3 nitrogen and oxygen atoms in total. The molecule has 2 atom stereocenters. The quantitative estimate of drug-likeness (QED) is 0.793. The van der Waals surface area contributed by atoms with Gasteiger partial charge in [-0.2, -0.15) is 0 Å². The lowest BCUT2D eigenvalue weighted by Crippen LogP contribution is -2.22. The molecule has 0 radical (unpaired) electrons. The van der Waals surface area contributed by atoms with Gasteiger partial charge in [-0.15, -0.1) is 0 Å². The highest BCUT2D eigenvalue weighted by Crippen LogP contribution is 2.41. The lowest BCUT2D eigenvalue weighted by Gasteiger charge is -2.29. The number of carbonyl (C=O) groups is 1. The third-order valence-corrected chi connectivity index (χ3v) is 4.53. The number of aldehydes is 1. The number of halogens is 1. The Hall–Kier alpha value is -1.74. The molecule has 1 aliphatic carbocycles. The van der Waals surface area contributed by atoms with Crippen LogP contribution in [-0.4, -0.2) is 16.3 Å². The predicted octanol–water partition coefficient (Wildman–Crippen LogP) is 3.76. The highest BCUT2D eigenvalue weighted by Gasteiger charge is 2.31. The molecule has 1 aliphatic rings. The fraction of sp³-hybridized carbons (Fsp3) is 0.353. The van der Waals surface area contributed by atoms with Crippen molar-refractivity contribution in [3.05, 3.63) is 57.6 Å². The highest BCUT2D eigenvalue weighted by atomic mass is 35.5. The SMILES string of the molecule is Cc1nc(C)c2c(n1)CC(c1ccccc1Cl)CC2C=O. The van der Waals surface area contributed by atoms with Gasteiger partial charge in [0.1, 0.15) is 12.1 Å². The standard InChI is InChI=1S/C17H17ClN2O/c1-10-17-13(9-21)7-12(8-16(17)20-11(2)19-10)14-5-3-4-6-15(14)18/h3-6,9,12-13H,7-8H2,1-2H3. The maximum absolute atomic E-state index is 11.5. The molecule has 3 rings (SSSR count). The van der Waals surface area contributed by atoms with Crippen molar-refractivity contribution in [3.63, 3.8) is 0 Å². The summed E-state index contributed by atoms with van der Waals surface area (Å²) < 4.78 is 0. The molecule has 0 amide bonds. The molecule has 0 fully saturated rings. The third-order valence-electron chi connectivity index (χ3n) is 4.19. The van der Waals surface area contributed by atoms with E-state index in [2.05, 4.69) is 9.97 Å². The van der Waals surface area contributed by atoms with Crippen LogP contribution >= 0.6 is 11.6 Å². The fourth-order valence-corrected chi connectivity index (χ4v) is 3.63. The molecule has 1 aromatic heterocycles. The van der Waals surface area contributed by atoms with Gasteiger partial charge in [-0.3, -0.25) is 0 Å². The Labute approximate surface area is 129 Å². The number of hydrogen-bond acceptors (Lipinski definition) is 3. The van der Waals surface area contributed by atoms with Crippen LogP contribution in [0.5, 0.6) is 0 Å². The van der Waals surface area contributed by atoms with E-state index in [1.165, 1.54) is 0 Å². The van der Waals surface area contributed by atoms with Crippen molar-refractivity contribution in [2.45, 2.75) is 38.5 Å². The number of rotatable bonds is 2. The van der Waals surface area contributed by atoms with Crippen molar-refractivity contribution >= 4 is 17.9 Å². The maximum Gasteiger partial charge on any atom is 0.127 e. The Kier molecular flexibility index (Phi) is 3.77. The van der Waals surface area contributed by atoms with Crippen molar-refractivity contribution in [3.8, 4) is 0 Å². The summed E-state index contributed by atoms with van der Waals surface area (Å²) >= 11 is 6.32. The van der Waals surface area contributed by atoms with Gasteiger partial charge in [-0.1, -0.05) is 29.8 Å². The van der Waals surface area contributed by atoms with Gasteiger partial charge in [0.05, 0.1) is 0 Å². The van der Waals surface area contributed by atoms with Crippen molar-refractivity contribution in [1.29, 1.82) is 0 Å². The summed E-state index contributed by atoms with van der Waals surface area (Å²) in [7, 11) is 0. The average Bonchev–Trinajstić information content (AvgIpc) is 2.46. The van der Waals surface area contributed by atoms with Crippen LogP contribution in [0.4, 0.5) is 0 Å². The summed E-state index contributed by atoms with van der Waals surface area (Å²) in [6.45, 7) is 3.85. The minimum Gasteiger partial charge on any atom is -0.303 e. The van der Waals surface area contributed by atoms with E-state index in [-0.39, 0.29) is 11.8 Å². The van der Waals surface area contributed by atoms with E-state index in [1.54, 1.807) is 0 Å². The molecule has 0 saturated carbocycles. The zero-order valence-electron chi connectivity index (χ0n) is 12.1. The lowest BCUT2D eigenvalue weighted by molar-refractivity contribution is -0.109. The van der Waals surface area contributed by atoms with E-state index >= 15 is 0 Å². The van der Waals surface area contributed by atoms with Gasteiger partial charge in [0.15, 0.2) is 0 Å². The Bertz CT molecular complexity index is 699. The minimum atomic E-state index is -0.143. The molecular weight excluding hydrogens is 284 g/mol. The Balaban J connectivity index is 2.07. The van der Waals surface area contributed by atoms with Gasteiger partial charge in [0, 0.05) is 27.9 Å². The number of benzene rings is 1. The van der Waals surface area contributed by atoms with E-state index in [1.807, 2.05) is 38.1 Å². The first kappa shape index (κ1) is 14.2. The minimum absolute atomic E-state index is 0.143. The van der Waals surface area contributed by atoms with Crippen LogP contribution in [0.1, 0.15) is 46.6 Å². The zero-order valence-corrected chi connectivity index (χ0v) is 12.9. The second-order valence-electron chi connectivity index (χ2n) is 5.62. The molecule has 108 valence electrons. The fourth-order valence-electron chi connectivity index (χ4n) is 3.34. The summed E-state index contributed by atoms with van der Waals surface area (Å²) in [5, 5.41) is 0.762. The first-order valence-electron chi connectivity index (χ1n) is 7.14. The van der Waals surface area contributed by atoms with Gasteiger partial charge in [0.25, 0.3) is 0 Å². The van der Waals surface area contributed by atoms with Crippen molar-refractivity contribution in [2.24, 2.45) is 0 Å². The summed E-state index contributed by atoms with van der Waals surface area (Å²) in [5.74, 6) is 0.849. The van der Waals surface area contributed by atoms with Crippen LogP contribution in [0.25, 0.3) is 0 Å². The largest absolute Gasteiger partial charge is 0.303 e. The molecule has 21 heavy (non-hydrogen) atoms. The van der Waals surface area contributed by atoms with Crippen molar-refractivity contribution in [2.75, 3.05) is 0 Å². The molecule has 0 aliphatic heterocycles. The highest BCUT2D eigenvalue weighted by molar-refractivity contribution is 6.31. The van der Waals surface area contributed by atoms with Crippen LogP contribution < -0.4 is 0 Å². The number of nitrogens with zero attached hydrogens (tertiary/aromatic N) is 2. The molecule has 2 unspecified atom stereocenters. The van der Waals surface area contributed by atoms with Gasteiger partial charge in [-0.25, -0.2) is 9.97 Å². The van der Waals surface area contributed by atoms with Crippen molar-refractivity contribution in [1.82, 2.24) is 9.97 Å². The first-order valence-corrected chi connectivity index (χ1v) is 7.51. The summed E-state index contributed by atoms with van der Waals surface area (Å²) in [6, 6.07) is 7.86. The van der Waals surface area contributed by atoms with E-state index in [0.717, 1.165) is 52.5 Å². The van der Waals surface area contributed by atoms with Gasteiger partial charge >= 0.3 is 0 Å². The molecule has 0 spiro atoms. The molecule has 0 N–H and O–H groups in total. The van der Waals surface area contributed by atoms with Crippen molar-refractivity contribution < 1.29 is 4.79 Å². The molecule has 0 saturated heterocycles. The lowest BCUT2D eigenvalue weighted by atomic mass is 9.76. The topological polar surface area (TPSA) is 42.9 Å². The Morgan fingerprint density at radius 1 is 1.24 bits per heavy atom. The Morgan fingerprint density at radius 3 is 2.71 bits per heavy atom. The first-order chi connectivity index (χ1) is 10.1. The van der Waals surface area contributed by atoms with Gasteiger partial charge in [-0.05, 0) is 44.2 Å². The number of aryl methyl sites for hydroxylation is 2. The predicted molar refractivity (Wildman–Crippen MR) is 82.8 cm³/mol. The molecular formula is C17H17ClN2O. The molecule has 1 heterocycles. The van der Waals surface area contributed by atoms with E-state index in [9.17, 15) is 4.79 Å². The van der Waals surface area contributed by atoms with Gasteiger partial charge in [0.2, 0.25) is 0 Å². The number of aromatic nitrogens is 2. The summed E-state index contributed by atoms with van der Waals surface area (Å²) in [5.41, 5.74) is 4.03. The van der Waals surface area contributed by atoms with Crippen LogP contribution in [0, 0.1) is 13.8 Å². The average molecular weight is 301 g/mol. The second kappa shape index (κ2) is 5.57. The van der Waals surface area contributed by atoms with Crippen LogP contribution in [0.15, 0.2) is 24.3 Å². The number of carbonyl (C=O) groups excluding carboxylic acids is 1. The number of fused-ring (bicyclic) bond motifs is 1. The van der Waals surface area contributed by atoms with E-state index < -0.39 is 0 Å². The zero-order chi connectivity index (χ0) is 15.0. The van der Waals surface area contributed by atoms with E-state index in [0.29, 0.717) is 0 Å². The third kappa shape index (κ3) is 2.58. The van der Waals surface area contributed by atoms with Crippen LogP contribution in [-0.2, 0) is 11.2 Å². The second-order valence-corrected chi connectivity index (χ2v) is 6.02. The molecule has 4 heteroatoms. The Morgan fingerprint density at radius 2 is 2.00 bits per heavy atom. The van der Waals surface area contributed by atoms with Gasteiger partial charge < -0.3 is 4.79 Å². The van der Waals surface area contributed by atoms with E-state index in [4.69, 9.17) is 11.6 Å². The smallest absolute Gasteiger partial charge is 0.127 e. The van der Waals surface area contributed by atoms with Crippen LogP contribution in [0.2, 0.25) is 5.02 Å². The molecule has 1 aromatic carbocycles. The van der Waals surface area contributed by atoms with Crippen LogP contribution in [0.3, 0.4) is 0 Å². The monoisotopic (exact) mass is 300 g/mol. The summed E-state index contributed by atoms with van der Waals surface area (Å²) in [6.07, 6.45) is 2.61. The summed E-state index contributed by atoms with van der Waals surface area (Å²) in [4.78, 5) is 20.5. The number of hydrogen-bond donors (Lipinski definition) is 0. The molecule has 0 bridgehead atoms. The molecule has 2 aromatic rings. The maximum atomic E-state index is 11.5. The normalized spacial score (nSPS) is 20.9.